The summed E-state index contributed by atoms with van der Waals surface area (Å²) in [6.07, 6.45) is 0. The highest BCUT2D eigenvalue weighted by Crippen LogP contribution is 2.34. The fourth-order valence-electron chi connectivity index (χ4n) is 2.29. The predicted molar refractivity (Wildman–Crippen MR) is 90.1 cm³/mol. The summed E-state index contributed by atoms with van der Waals surface area (Å²) in [5.41, 5.74) is 9.69. The molecule has 0 spiro atoms. The van der Waals surface area contributed by atoms with Gasteiger partial charge in [-0.15, -0.1) is 11.3 Å². The van der Waals surface area contributed by atoms with Crippen LogP contribution >= 0.6 is 11.3 Å². The molecule has 0 fully saturated rings. The molecular formula is C17H16N2OS. The van der Waals surface area contributed by atoms with Crippen LogP contribution in [0, 0.1) is 13.8 Å². The van der Waals surface area contributed by atoms with Crippen molar-refractivity contribution in [3.63, 3.8) is 0 Å². The van der Waals surface area contributed by atoms with Crippen LogP contribution in [0.15, 0.2) is 42.5 Å². The molecule has 21 heavy (non-hydrogen) atoms. The lowest BCUT2D eigenvalue weighted by atomic mass is 10.1. The van der Waals surface area contributed by atoms with Crippen LogP contribution < -0.4 is 11.1 Å². The summed E-state index contributed by atoms with van der Waals surface area (Å²) in [4.78, 5) is 13.0. The summed E-state index contributed by atoms with van der Waals surface area (Å²) >= 11 is 1.43. The number of anilines is 2. The summed E-state index contributed by atoms with van der Waals surface area (Å²) in [5, 5.41) is 3.89. The number of hydrogen-bond donors (Lipinski definition) is 2. The number of aryl methyl sites for hydroxylation is 2. The van der Waals surface area contributed by atoms with Gasteiger partial charge in [0.2, 0.25) is 0 Å². The summed E-state index contributed by atoms with van der Waals surface area (Å²) < 4.78 is 1.04. The number of fused-ring (bicyclic) bond motifs is 1. The van der Waals surface area contributed by atoms with Crippen molar-refractivity contribution < 1.29 is 4.79 Å². The minimum atomic E-state index is -0.152. The normalized spacial score (nSPS) is 10.8. The third kappa shape index (κ3) is 2.50. The lowest BCUT2D eigenvalue weighted by molar-refractivity contribution is 0.103. The minimum Gasteiger partial charge on any atom is -0.397 e. The lowest BCUT2D eigenvalue weighted by Crippen LogP contribution is -2.12. The fourth-order valence-corrected chi connectivity index (χ4v) is 3.29. The van der Waals surface area contributed by atoms with Crippen LogP contribution in [0.25, 0.3) is 10.1 Å². The summed E-state index contributed by atoms with van der Waals surface area (Å²) in [5.74, 6) is -0.152. The van der Waals surface area contributed by atoms with E-state index in [0.29, 0.717) is 10.6 Å². The van der Waals surface area contributed by atoms with Crippen molar-refractivity contribution in [3.05, 3.63) is 58.5 Å². The second kappa shape index (κ2) is 5.22. The molecule has 0 saturated heterocycles. The van der Waals surface area contributed by atoms with Crippen molar-refractivity contribution in [2.24, 2.45) is 0 Å². The molecule has 0 bridgehead atoms. The molecular weight excluding hydrogens is 280 g/mol. The maximum absolute atomic E-state index is 12.5. The first-order valence-electron chi connectivity index (χ1n) is 6.72. The first-order chi connectivity index (χ1) is 10.1. The second-order valence-electron chi connectivity index (χ2n) is 5.11. The molecule has 106 valence electrons. The van der Waals surface area contributed by atoms with E-state index in [0.717, 1.165) is 26.9 Å². The van der Waals surface area contributed by atoms with Gasteiger partial charge in [-0.2, -0.15) is 0 Å². The van der Waals surface area contributed by atoms with Crippen molar-refractivity contribution in [1.82, 2.24) is 0 Å². The minimum absolute atomic E-state index is 0.152. The van der Waals surface area contributed by atoms with Gasteiger partial charge in [-0.25, -0.2) is 0 Å². The van der Waals surface area contributed by atoms with E-state index in [1.165, 1.54) is 11.3 Å². The molecule has 0 aliphatic rings. The Hall–Kier alpha value is -2.33. The number of nitrogens with two attached hydrogens (primary N) is 1. The molecule has 0 saturated carbocycles. The molecule has 0 aliphatic heterocycles. The third-order valence-electron chi connectivity index (χ3n) is 3.48. The van der Waals surface area contributed by atoms with Crippen molar-refractivity contribution in [3.8, 4) is 0 Å². The Morgan fingerprint density at radius 3 is 2.67 bits per heavy atom. The zero-order valence-electron chi connectivity index (χ0n) is 11.9. The number of nitrogens with one attached hydrogen (secondary N) is 1. The first-order valence-corrected chi connectivity index (χ1v) is 7.53. The number of thiophene rings is 1. The van der Waals surface area contributed by atoms with Gasteiger partial charge in [0, 0.05) is 15.8 Å². The van der Waals surface area contributed by atoms with E-state index in [1.54, 1.807) is 0 Å². The number of nitrogen functional groups attached to an aromatic ring is 1. The van der Waals surface area contributed by atoms with Crippen LogP contribution in [0.3, 0.4) is 0 Å². The Balaban J connectivity index is 1.99. The first kappa shape index (κ1) is 13.6. The zero-order chi connectivity index (χ0) is 15.0. The van der Waals surface area contributed by atoms with E-state index in [1.807, 2.05) is 56.3 Å². The van der Waals surface area contributed by atoms with Crippen LogP contribution in [-0.2, 0) is 0 Å². The molecule has 3 rings (SSSR count). The lowest BCUT2D eigenvalue weighted by Gasteiger charge is -2.07. The number of amides is 1. The topological polar surface area (TPSA) is 55.1 Å². The number of para-hydroxylation sites is 1. The zero-order valence-corrected chi connectivity index (χ0v) is 12.8. The van der Waals surface area contributed by atoms with Gasteiger partial charge in [0.1, 0.15) is 4.88 Å². The fraction of sp³-hybridized carbons (Fsp3) is 0.118. The number of benzene rings is 2. The average molecular weight is 296 g/mol. The monoisotopic (exact) mass is 296 g/mol. The van der Waals surface area contributed by atoms with Crippen LogP contribution in [0.4, 0.5) is 11.4 Å². The number of carbonyl (C=O) groups is 1. The summed E-state index contributed by atoms with van der Waals surface area (Å²) in [7, 11) is 0. The molecule has 3 aromatic rings. The highest BCUT2D eigenvalue weighted by atomic mass is 32.1. The molecule has 4 heteroatoms. The highest BCUT2D eigenvalue weighted by Gasteiger charge is 2.17. The van der Waals surface area contributed by atoms with E-state index < -0.39 is 0 Å². The van der Waals surface area contributed by atoms with Crippen LogP contribution in [0.2, 0.25) is 0 Å². The Morgan fingerprint density at radius 2 is 1.90 bits per heavy atom. The molecule has 0 unspecified atom stereocenters. The molecule has 0 radical (unpaired) electrons. The summed E-state index contributed by atoms with van der Waals surface area (Å²) in [6.45, 7) is 3.98. The van der Waals surface area contributed by atoms with Crippen LogP contribution in [-0.4, -0.2) is 5.91 Å². The van der Waals surface area contributed by atoms with Gasteiger partial charge in [-0.3, -0.25) is 4.79 Å². The van der Waals surface area contributed by atoms with Gasteiger partial charge >= 0.3 is 0 Å². The number of carbonyl (C=O) groups excluding carboxylic acids is 1. The van der Waals surface area contributed by atoms with E-state index in [2.05, 4.69) is 5.32 Å². The maximum atomic E-state index is 12.5. The Bertz CT molecular complexity index is 836. The van der Waals surface area contributed by atoms with Gasteiger partial charge in [-0.1, -0.05) is 29.8 Å². The molecule has 1 amide bonds. The number of rotatable bonds is 2. The van der Waals surface area contributed by atoms with Crippen LogP contribution in [0.5, 0.6) is 0 Å². The van der Waals surface area contributed by atoms with Gasteiger partial charge in [0.25, 0.3) is 5.91 Å². The van der Waals surface area contributed by atoms with Gasteiger partial charge < -0.3 is 11.1 Å². The number of hydrogen-bond acceptors (Lipinski definition) is 3. The van der Waals surface area contributed by atoms with E-state index >= 15 is 0 Å². The molecule has 0 aliphatic carbocycles. The summed E-state index contributed by atoms with van der Waals surface area (Å²) in [6, 6.07) is 13.8. The molecule has 3 nitrogen and oxygen atoms in total. The Labute approximate surface area is 127 Å². The van der Waals surface area contributed by atoms with E-state index in [9.17, 15) is 4.79 Å². The van der Waals surface area contributed by atoms with E-state index in [4.69, 9.17) is 5.73 Å². The highest BCUT2D eigenvalue weighted by molar-refractivity contribution is 7.21. The van der Waals surface area contributed by atoms with Gasteiger partial charge in [-0.05, 0) is 37.6 Å². The Morgan fingerprint density at radius 1 is 1.14 bits per heavy atom. The molecule has 3 N–H and O–H groups in total. The quantitative estimate of drug-likeness (QED) is 0.738. The Kier molecular flexibility index (Phi) is 3.39. The maximum Gasteiger partial charge on any atom is 0.267 e. The smallest absolute Gasteiger partial charge is 0.267 e. The van der Waals surface area contributed by atoms with Gasteiger partial charge in [0.15, 0.2) is 0 Å². The van der Waals surface area contributed by atoms with E-state index in [-0.39, 0.29) is 5.91 Å². The SMILES string of the molecule is Cc1ccc2sc(C(=O)Nc3ccccc3C)c(N)c2c1. The van der Waals surface area contributed by atoms with Crippen LogP contribution in [0.1, 0.15) is 20.8 Å². The van der Waals surface area contributed by atoms with Gasteiger partial charge in [0.05, 0.1) is 5.69 Å². The molecule has 1 heterocycles. The standard InChI is InChI=1S/C17H16N2OS/c1-10-7-8-14-12(9-10)15(18)16(21-14)17(20)19-13-6-4-3-5-11(13)2/h3-9H,18H2,1-2H3,(H,19,20). The average Bonchev–Trinajstić information content (AvgIpc) is 2.79. The molecule has 0 atom stereocenters. The van der Waals surface area contributed by atoms with Crippen molar-refractivity contribution in [2.45, 2.75) is 13.8 Å². The largest absolute Gasteiger partial charge is 0.397 e. The predicted octanol–water partition coefficient (Wildman–Crippen LogP) is 4.35. The van der Waals surface area contributed by atoms with Crippen molar-refractivity contribution >= 4 is 38.7 Å². The second-order valence-corrected chi connectivity index (χ2v) is 6.17. The molecule has 1 aromatic heterocycles. The molecule has 2 aromatic carbocycles. The van der Waals surface area contributed by atoms with Crippen molar-refractivity contribution in [1.29, 1.82) is 0 Å². The van der Waals surface area contributed by atoms with Crippen molar-refractivity contribution in [2.75, 3.05) is 11.1 Å². The third-order valence-corrected chi connectivity index (χ3v) is 4.67.